The number of Topliss-reactive ketones (excluding diaryl/α,β-unsaturated/α-hetero) is 1. The lowest BCUT2D eigenvalue weighted by molar-refractivity contribution is -0.157. The highest BCUT2D eigenvalue weighted by molar-refractivity contribution is 5.92. The Labute approximate surface area is 182 Å². The molecule has 0 radical (unpaired) electrons. The van der Waals surface area contributed by atoms with Gasteiger partial charge in [0.15, 0.2) is 12.4 Å². The van der Waals surface area contributed by atoms with E-state index in [9.17, 15) is 14.4 Å². The van der Waals surface area contributed by atoms with Crippen LogP contribution in [-0.4, -0.2) is 30.8 Å². The summed E-state index contributed by atoms with van der Waals surface area (Å²) in [5.41, 5.74) is 0.660. The zero-order chi connectivity index (χ0) is 21.4. The normalized spacial score (nSPS) is 28.5. The Morgan fingerprint density at radius 1 is 0.903 bits per heavy atom. The molecule has 4 fully saturated rings. The molecule has 31 heavy (non-hydrogen) atoms. The first kappa shape index (κ1) is 20.2. The van der Waals surface area contributed by atoms with Crippen LogP contribution in [0.25, 0.3) is 10.8 Å². The van der Waals surface area contributed by atoms with Crippen molar-refractivity contribution in [2.45, 2.75) is 44.9 Å². The van der Waals surface area contributed by atoms with E-state index in [0.29, 0.717) is 17.8 Å². The number of ketones is 1. The summed E-state index contributed by atoms with van der Waals surface area (Å²) in [6.07, 6.45) is 6.92. The summed E-state index contributed by atoms with van der Waals surface area (Å²) in [6.45, 7) is -0.373. The molecule has 2 aromatic rings. The highest BCUT2D eigenvalue weighted by Gasteiger charge is 2.54. The zero-order valence-electron chi connectivity index (χ0n) is 17.8. The number of ether oxygens (including phenoxy) is 1. The topological polar surface area (TPSA) is 72.5 Å². The van der Waals surface area contributed by atoms with Crippen LogP contribution in [0.4, 0.5) is 0 Å². The summed E-state index contributed by atoms with van der Waals surface area (Å²) in [7, 11) is 0. The van der Waals surface area contributed by atoms with Crippen molar-refractivity contribution in [1.82, 2.24) is 5.32 Å². The van der Waals surface area contributed by atoms with Crippen LogP contribution in [0.1, 0.15) is 44.1 Å². The number of amides is 1. The molecular weight excluding hydrogens is 390 g/mol. The van der Waals surface area contributed by atoms with Gasteiger partial charge in [0, 0.05) is 5.41 Å². The molecule has 5 heteroatoms. The molecule has 1 amide bonds. The molecule has 0 unspecified atom stereocenters. The van der Waals surface area contributed by atoms with Gasteiger partial charge < -0.3 is 10.1 Å². The van der Waals surface area contributed by atoms with Crippen molar-refractivity contribution in [2.75, 3.05) is 13.2 Å². The van der Waals surface area contributed by atoms with Gasteiger partial charge in [-0.05, 0) is 72.6 Å². The Hall–Kier alpha value is -2.69. The predicted molar refractivity (Wildman–Crippen MR) is 117 cm³/mol. The highest BCUT2D eigenvalue weighted by Crippen LogP contribution is 2.60. The first-order valence-corrected chi connectivity index (χ1v) is 11.4. The van der Waals surface area contributed by atoms with Gasteiger partial charge in [-0.3, -0.25) is 14.4 Å². The molecule has 162 valence electrons. The van der Waals surface area contributed by atoms with Crippen molar-refractivity contribution in [3.8, 4) is 0 Å². The van der Waals surface area contributed by atoms with Gasteiger partial charge >= 0.3 is 5.97 Å². The minimum atomic E-state index is -0.552. The van der Waals surface area contributed by atoms with E-state index in [0.717, 1.165) is 35.6 Å². The molecular formula is C26H29NO4. The van der Waals surface area contributed by atoms with E-state index in [1.807, 2.05) is 42.5 Å². The third kappa shape index (κ3) is 4.10. The largest absolute Gasteiger partial charge is 0.456 e. The van der Waals surface area contributed by atoms with Crippen molar-refractivity contribution >= 4 is 28.4 Å². The maximum absolute atomic E-state index is 12.9. The Morgan fingerprint density at radius 2 is 1.55 bits per heavy atom. The van der Waals surface area contributed by atoms with Gasteiger partial charge in [-0.25, -0.2) is 0 Å². The van der Waals surface area contributed by atoms with E-state index >= 15 is 0 Å². The average Bonchev–Trinajstić information content (AvgIpc) is 2.75. The summed E-state index contributed by atoms with van der Waals surface area (Å²) in [4.78, 5) is 37.4. The number of hydrogen-bond donors (Lipinski definition) is 1. The van der Waals surface area contributed by atoms with Gasteiger partial charge in [-0.2, -0.15) is 0 Å². The van der Waals surface area contributed by atoms with Gasteiger partial charge in [-0.15, -0.1) is 0 Å². The molecule has 4 aliphatic carbocycles. The molecule has 5 nitrogen and oxygen atoms in total. The molecule has 6 rings (SSSR count). The fourth-order valence-electron chi connectivity index (χ4n) is 6.66. The number of carbonyl (C=O) groups is 3. The minimum Gasteiger partial charge on any atom is -0.456 e. The molecule has 2 aromatic carbocycles. The second-order valence-electron chi connectivity index (χ2n) is 9.87. The van der Waals surface area contributed by atoms with Gasteiger partial charge in [0.05, 0.1) is 6.42 Å². The van der Waals surface area contributed by atoms with E-state index in [2.05, 4.69) is 5.32 Å². The van der Waals surface area contributed by atoms with E-state index in [-0.39, 0.29) is 36.7 Å². The quantitative estimate of drug-likeness (QED) is 0.693. The van der Waals surface area contributed by atoms with Crippen LogP contribution in [0.5, 0.6) is 0 Å². The van der Waals surface area contributed by atoms with E-state index in [1.165, 1.54) is 19.3 Å². The molecule has 0 heterocycles. The summed E-state index contributed by atoms with van der Waals surface area (Å²) in [6, 6.07) is 13.8. The number of carbonyl (C=O) groups excluding carboxylic acids is 3. The third-order valence-corrected chi connectivity index (χ3v) is 7.65. The first-order valence-electron chi connectivity index (χ1n) is 11.4. The average molecular weight is 420 g/mol. The van der Waals surface area contributed by atoms with Gasteiger partial charge in [0.25, 0.3) is 0 Å². The lowest BCUT2D eigenvalue weighted by Gasteiger charge is -2.55. The number of benzene rings is 2. The Balaban J connectivity index is 1.10. The molecule has 0 atom stereocenters. The van der Waals surface area contributed by atoms with Crippen LogP contribution >= 0.6 is 0 Å². The van der Waals surface area contributed by atoms with Crippen molar-refractivity contribution in [2.24, 2.45) is 23.2 Å². The number of fused-ring (bicyclic) bond motifs is 1. The lowest BCUT2D eigenvalue weighted by Crippen LogP contribution is -2.51. The SMILES string of the molecule is O=C(Cc1cccc2ccccc12)NCC(=O)OCC(=O)C12CC3CC(CC(C3)C1)C2. The third-order valence-electron chi connectivity index (χ3n) is 7.65. The van der Waals surface area contributed by atoms with Crippen molar-refractivity contribution in [3.05, 3.63) is 48.0 Å². The minimum absolute atomic E-state index is 0.0852. The molecule has 4 bridgehead atoms. The Bertz CT molecular complexity index is 986. The summed E-state index contributed by atoms with van der Waals surface area (Å²) < 4.78 is 5.26. The number of rotatable bonds is 7. The van der Waals surface area contributed by atoms with Gasteiger partial charge in [0.1, 0.15) is 6.54 Å². The molecule has 4 saturated carbocycles. The van der Waals surface area contributed by atoms with Crippen LogP contribution in [0, 0.1) is 23.2 Å². The smallest absolute Gasteiger partial charge is 0.325 e. The zero-order valence-corrected chi connectivity index (χ0v) is 17.8. The van der Waals surface area contributed by atoms with Crippen LogP contribution in [0.3, 0.4) is 0 Å². The lowest BCUT2D eigenvalue weighted by atomic mass is 9.48. The standard InChI is InChI=1S/C26H29NO4/c28-23(26-12-17-8-18(13-26)10-19(9-17)14-26)16-31-25(30)15-27-24(29)11-21-6-3-5-20-4-1-2-7-22(20)21/h1-7,17-19H,8-16H2,(H,27,29). The fraction of sp³-hybridized carbons (Fsp3) is 0.500. The predicted octanol–water partition coefficient (Wildman–Crippen LogP) is 3.83. The van der Waals surface area contributed by atoms with E-state index < -0.39 is 5.97 Å². The highest BCUT2D eigenvalue weighted by atomic mass is 16.5. The molecule has 1 N–H and O–H groups in total. The summed E-state index contributed by atoms with van der Waals surface area (Å²) in [5, 5.41) is 4.74. The fourth-order valence-corrected chi connectivity index (χ4v) is 6.66. The van der Waals surface area contributed by atoms with Crippen LogP contribution in [0.15, 0.2) is 42.5 Å². The molecule has 4 aliphatic rings. The first-order chi connectivity index (χ1) is 15.0. The number of esters is 1. The number of hydrogen-bond acceptors (Lipinski definition) is 4. The maximum atomic E-state index is 12.9. The van der Waals surface area contributed by atoms with Gasteiger partial charge in [0.2, 0.25) is 5.91 Å². The summed E-state index contributed by atoms with van der Waals surface area (Å²) >= 11 is 0. The van der Waals surface area contributed by atoms with Crippen LogP contribution in [-0.2, 0) is 25.5 Å². The molecule has 0 saturated heterocycles. The second kappa shape index (κ2) is 8.10. The van der Waals surface area contributed by atoms with Crippen LogP contribution < -0.4 is 5.32 Å². The molecule has 0 aliphatic heterocycles. The van der Waals surface area contributed by atoms with Crippen molar-refractivity contribution in [1.29, 1.82) is 0 Å². The summed E-state index contributed by atoms with van der Waals surface area (Å²) in [5.74, 6) is 1.34. The maximum Gasteiger partial charge on any atom is 0.325 e. The van der Waals surface area contributed by atoms with Crippen molar-refractivity contribution in [3.63, 3.8) is 0 Å². The van der Waals surface area contributed by atoms with Gasteiger partial charge in [-0.1, -0.05) is 42.5 Å². The Morgan fingerprint density at radius 3 is 2.26 bits per heavy atom. The van der Waals surface area contributed by atoms with Crippen molar-refractivity contribution < 1.29 is 19.1 Å². The number of nitrogens with one attached hydrogen (secondary N) is 1. The van der Waals surface area contributed by atoms with E-state index in [4.69, 9.17) is 4.74 Å². The second-order valence-corrected chi connectivity index (χ2v) is 9.87. The monoisotopic (exact) mass is 419 g/mol. The van der Waals surface area contributed by atoms with E-state index in [1.54, 1.807) is 0 Å². The van der Waals surface area contributed by atoms with Crippen LogP contribution in [0.2, 0.25) is 0 Å². The Kier molecular flexibility index (Phi) is 5.28. The molecule has 0 aromatic heterocycles. The molecule has 0 spiro atoms.